The van der Waals surface area contributed by atoms with Gasteiger partial charge in [0.1, 0.15) is 5.25 Å². The molecule has 1 saturated heterocycles. The zero-order chi connectivity index (χ0) is 25.1. The fourth-order valence-electron chi connectivity index (χ4n) is 4.11. The minimum absolute atomic E-state index is 0.0876. The van der Waals surface area contributed by atoms with Gasteiger partial charge < -0.3 is 0 Å². The molecule has 1 fully saturated rings. The van der Waals surface area contributed by atoms with Gasteiger partial charge in [-0.15, -0.1) is 0 Å². The van der Waals surface area contributed by atoms with Gasteiger partial charge in [0.25, 0.3) is 15.3 Å². The Bertz CT molecular complexity index is 1510. The third-order valence-electron chi connectivity index (χ3n) is 5.89. The summed E-state index contributed by atoms with van der Waals surface area (Å²) < 4.78 is 29.2. The van der Waals surface area contributed by atoms with Crippen molar-refractivity contribution in [2.45, 2.75) is 16.7 Å². The Balaban J connectivity index is 1.56. The van der Waals surface area contributed by atoms with Crippen molar-refractivity contribution in [2.75, 3.05) is 4.31 Å². The molecule has 180 valence electrons. The third kappa shape index (κ3) is 4.78. The number of imide groups is 1. The first kappa shape index (κ1) is 23.8. The third-order valence-corrected chi connectivity index (χ3v) is 8.70. The number of hydrogen-bond acceptors (Lipinski definition) is 5. The normalized spacial score (nSPS) is 15.5. The van der Waals surface area contributed by atoms with E-state index in [1.807, 2.05) is 54.6 Å². The van der Waals surface area contributed by atoms with E-state index in [1.165, 1.54) is 4.31 Å². The van der Waals surface area contributed by atoms with E-state index in [-0.39, 0.29) is 22.6 Å². The lowest BCUT2D eigenvalue weighted by atomic mass is 10.0. The number of benzene rings is 4. The predicted octanol–water partition coefficient (Wildman–Crippen LogP) is 5.77. The van der Waals surface area contributed by atoms with Crippen LogP contribution in [-0.2, 0) is 21.4 Å². The summed E-state index contributed by atoms with van der Waals surface area (Å²) >= 11 is 0.939. The molecule has 0 aliphatic carbocycles. The summed E-state index contributed by atoms with van der Waals surface area (Å²) in [6.45, 7) is 0.0876. The lowest BCUT2D eigenvalue weighted by Gasteiger charge is -2.27. The largest absolute Gasteiger partial charge is 0.286 e. The molecule has 0 bridgehead atoms. The average Bonchev–Trinajstić information content (AvgIpc) is 3.26. The molecular weight excluding hydrogens is 492 g/mol. The summed E-state index contributed by atoms with van der Waals surface area (Å²) in [5.41, 5.74) is 3.70. The van der Waals surface area contributed by atoms with E-state index < -0.39 is 15.3 Å². The monoisotopic (exact) mass is 514 g/mol. The number of carbonyl (C=O) groups is 2. The van der Waals surface area contributed by atoms with Crippen molar-refractivity contribution in [2.24, 2.45) is 0 Å². The number of sulfonamides is 1. The summed E-state index contributed by atoms with van der Waals surface area (Å²) in [5, 5.41) is 1.32. The van der Waals surface area contributed by atoms with E-state index in [0.29, 0.717) is 11.3 Å². The first-order valence-electron chi connectivity index (χ1n) is 11.3. The van der Waals surface area contributed by atoms with Crippen LogP contribution in [0.3, 0.4) is 0 Å². The summed E-state index contributed by atoms with van der Waals surface area (Å²) in [6.07, 6.45) is 0. The SMILES string of the molecule is O=C1NC(=O)C(c2ccc(CN(c3ccccc3-c3ccccc3)S(=O)(=O)c3ccccc3)cc2)S1. The van der Waals surface area contributed by atoms with Crippen molar-refractivity contribution in [3.05, 3.63) is 120 Å². The van der Waals surface area contributed by atoms with E-state index >= 15 is 0 Å². The molecule has 0 saturated carbocycles. The minimum Gasteiger partial charge on any atom is -0.286 e. The summed E-state index contributed by atoms with van der Waals surface area (Å²) in [7, 11) is -3.90. The lowest BCUT2D eigenvalue weighted by Crippen LogP contribution is -2.31. The number of nitrogens with one attached hydrogen (secondary N) is 1. The van der Waals surface area contributed by atoms with Crippen LogP contribution in [0.15, 0.2) is 114 Å². The highest BCUT2D eigenvalue weighted by molar-refractivity contribution is 8.15. The van der Waals surface area contributed by atoms with Gasteiger partial charge in [-0.3, -0.25) is 19.2 Å². The number of nitrogens with zero attached hydrogens (tertiary/aromatic N) is 1. The highest BCUT2D eigenvalue weighted by Crippen LogP contribution is 2.37. The number of para-hydroxylation sites is 1. The fraction of sp³-hybridized carbons (Fsp3) is 0.0714. The summed E-state index contributed by atoms with van der Waals surface area (Å²) in [6, 6.07) is 32.6. The van der Waals surface area contributed by atoms with Crippen LogP contribution in [0.5, 0.6) is 0 Å². The first-order chi connectivity index (χ1) is 17.4. The van der Waals surface area contributed by atoms with Crippen LogP contribution in [0.1, 0.15) is 16.4 Å². The van der Waals surface area contributed by atoms with Crippen molar-refractivity contribution in [1.29, 1.82) is 0 Å². The van der Waals surface area contributed by atoms with Gasteiger partial charge in [0, 0.05) is 5.56 Å². The second-order valence-electron chi connectivity index (χ2n) is 8.22. The first-order valence-corrected chi connectivity index (χ1v) is 13.6. The number of hydrogen-bond donors (Lipinski definition) is 1. The molecule has 8 heteroatoms. The Morgan fingerprint density at radius 3 is 2.00 bits per heavy atom. The predicted molar refractivity (Wildman–Crippen MR) is 142 cm³/mol. The van der Waals surface area contributed by atoms with Gasteiger partial charge in [0.15, 0.2) is 0 Å². The minimum atomic E-state index is -3.90. The maximum absolute atomic E-state index is 13.9. The van der Waals surface area contributed by atoms with E-state index in [0.717, 1.165) is 28.5 Å². The number of rotatable bonds is 7. The second-order valence-corrected chi connectivity index (χ2v) is 11.2. The smallest absolute Gasteiger partial charge is 0.286 e. The molecular formula is C28H22N2O4S2. The Morgan fingerprint density at radius 1 is 0.750 bits per heavy atom. The van der Waals surface area contributed by atoms with Crippen molar-refractivity contribution >= 4 is 38.6 Å². The molecule has 2 amide bonds. The molecule has 1 N–H and O–H groups in total. The standard InChI is InChI=1S/C28H22N2O4S2/c31-27-26(35-28(32)29-27)22-17-15-20(16-18-22)19-30(36(33,34)23-11-5-2-6-12-23)25-14-8-7-13-24(25)21-9-3-1-4-10-21/h1-18,26H,19H2,(H,29,31,32). The van der Waals surface area contributed by atoms with Crippen LogP contribution in [0.25, 0.3) is 11.1 Å². The van der Waals surface area contributed by atoms with Crippen molar-refractivity contribution in [3.63, 3.8) is 0 Å². The van der Waals surface area contributed by atoms with Gasteiger partial charge in [-0.2, -0.15) is 0 Å². The number of anilines is 1. The molecule has 1 aliphatic heterocycles. The van der Waals surface area contributed by atoms with Crippen molar-refractivity contribution < 1.29 is 18.0 Å². The molecule has 0 radical (unpaired) electrons. The van der Waals surface area contributed by atoms with Gasteiger partial charge in [0.2, 0.25) is 5.91 Å². The summed E-state index contributed by atoms with van der Waals surface area (Å²) in [5.74, 6) is -0.345. The Hall–Kier alpha value is -3.88. The molecule has 1 unspecified atom stereocenters. The summed E-state index contributed by atoms with van der Waals surface area (Å²) in [4.78, 5) is 23.8. The molecule has 36 heavy (non-hydrogen) atoms. The van der Waals surface area contributed by atoms with E-state index in [4.69, 9.17) is 0 Å². The number of carbonyl (C=O) groups excluding carboxylic acids is 2. The molecule has 5 rings (SSSR count). The molecule has 1 heterocycles. The van der Waals surface area contributed by atoms with Gasteiger partial charge in [0.05, 0.1) is 17.1 Å². The van der Waals surface area contributed by atoms with E-state index in [2.05, 4.69) is 5.32 Å². The zero-order valence-corrected chi connectivity index (χ0v) is 20.7. The Morgan fingerprint density at radius 2 is 1.36 bits per heavy atom. The molecule has 1 atom stereocenters. The molecule has 1 aliphatic rings. The maximum Gasteiger partial charge on any atom is 0.286 e. The average molecular weight is 515 g/mol. The molecule has 6 nitrogen and oxygen atoms in total. The molecule has 0 spiro atoms. The van der Waals surface area contributed by atoms with Crippen LogP contribution >= 0.6 is 11.8 Å². The van der Waals surface area contributed by atoms with Crippen LogP contribution in [0.2, 0.25) is 0 Å². The van der Waals surface area contributed by atoms with Gasteiger partial charge in [-0.1, -0.05) is 91.0 Å². The van der Waals surface area contributed by atoms with Gasteiger partial charge >= 0.3 is 0 Å². The highest BCUT2D eigenvalue weighted by Gasteiger charge is 2.33. The Labute approximate surface area is 214 Å². The number of amides is 2. The van der Waals surface area contributed by atoms with Gasteiger partial charge in [-0.25, -0.2) is 8.42 Å². The maximum atomic E-state index is 13.9. The van der Waals surface area contributed by atoms with Gasteiger partial charge in [-0.05, 0) is 46.7 Å². The zero-order valence-electron chi connectivity index (χ0n) is 19.1. The molecule has 4 aromatic carbocycles. The van der Waals surface area contributed by atoms with Crippen molar-refractivity contribution in [1.82, 2.24) is 5.32 Å². The second kappa shape index (κ2) is 10.0. The topological polar surface area (TPSA) is 83.6 Å². The quantitative estimate of drug-likeness (QED) is 0.338. The number of thioether (sulfide) groups is 1. The van der Waals surface area contributed by atoms with Crippen molar-refractivity contribution in [3.8, 4) is 11.1 Å². The van der Waals surface area contributed by atoms with E-state index in [9.17, 15) is 18.0 Å². The van der Waals surface area contributed by atoms with Crippen LogP contribution < -0.4 is 9.62 Å². The van der Waals surface area contributed by atoms with Crippen LogP contribution in [0, 0.1) is 0 Å². The molecule has 0 aromatic heterocycles. The van der Waals surface area contributed by atoms with Crippen LogP contribution in [0.4, 0.5) is 10.5 Å². The highest BCUT2D eigenvalue weighted by atomic mass is 32.2. The van der Waals surface area contributed by atoms with E-state index in [1.54, 1.807) is 54.6 Å². The lowest BCUT2D eigenvalue weighted by molar-refractivity contribution is -0.119. The Kier molecular flexibility index (Phi) is 6.63. The van der Waals surface area contributed by atoms with Crippen LogP contribution in [-0.4, -0.2) is 19.6 Å². The fourth-order valence-corrected chi connectivity index (χ4v) is 6.44. The molecule has 4 aromatic rings.